The van der Waals surface area contributed by atoms with Crippen molar-refractivity contribution in [2.75, 3.05) is 10.6 Å². The van der Waals surface area contributed by atoms with Gasteiger partial charge in [0.2, 0.25) is 11.8 Å². The lowest BCUT2D eigenvalue weighted by Gasteiger charge is -2.23. The first-order valence-corrected chi connectivity index (χ1v) is 7.73. The Hall–Kier alpha value is -2.40. The van der Waals surface area contributed by atoms with Crippen LogP contribution in [0.3, 0.4) is 0 Å². The fraction of sp³-hybridized carbons (Fsp3) is 0.222. The van der Waals surface area contributed by atoms with Crippen molar-refractivity contribution in [3.8, 4) is 0 Å². The van der Waals surface area contributed by atoms with Gasteiger partial charge in [0.15, 0.2) is 0 Å². The Labute approximate surface area is 145 Å². The van der Waals surface area contributed by atoms with Gasteiger partial charge in [-0.2, -0.15) is 0 Å². The van der Waals surface area contributed by atoms with Gasteiger partial charge in [-0.3, -0.25) is 9.59 Å². The van der Waals surface area contributed by atoms with E-state index in [9.17, 15) is 14.0 Å². The average molecular weight is 349 g/mol. The number of anilines is 2. The maximum atomic E-state index is 13.6. The second kappa shape index (κ2) is 7.01. The molecule has 0 saturated carbocycles. The molecule has 2 N–H and O–H groups in total. The molecule has 0 atom stereocenters. The summed E-state index contributed by atoms with van der Waals surface area (Å²) in [6.07, 6.45) is 0. The summed E-state index contributed by atoms with van der Waals surface area (Å²) in [4.78, 5) is 24.8. The molecule has 126 valence electrons. The van der Waals surface area contributed by atoms with E-state index in [-0.39, 0.29) is 5.69 Å². The Morgan fingerprint density at radius 2 is 1.67 bits per heavy atom. The van der Waals surface area contributed by atoms with E-state index in [2.05, 4.69) is 10.6 Å². The van der Waals surface area contributed by atoms with Gasteiger partial charge in [-0.05, 0) is 50.6 Å². The van der Waals surface area contributed by atoms with Crippen molar-refractivity contribution in [1.82, 2.24) is 0 Å². The van der Waals surface area contributed by atoms with Crippen LogP contribution in [0.25, 0.3) is 0 Å². The van der Waals surface area contributed by atoms with Crippen LogP contribution < -0.4 is 10.6 Å². The number of hydrogen-bond acceptors (Lipinski definition) is 2. The summed E-state index contributed by atoms with van der Waals surface area (Å²) in [6.45, 7) is 4.78. The average Bonchev–Trinajstić information content (AvgIpc) is 2.53. The summed E-state index contributed by atoms with van der Waals surface area (Å²) in [7, 11) is 0. The Morgan fingerprint density at radius 1 is 1.04 bits per heavy atom. The van der Waals surface area contributed by atoms with Crippen molar-refractivity contribution in [3.63, 3.8) is 0 Å². The Morgan fingerprint density at radius 3 is 2.29 bits per heavy atom. The van der Waals surface area contributed by atoms with Gasteiger partial charge in [-0.15, -0.1) is 0 Å². The van der Waals surface area contributed by atoms with Crippen molar-refractivity contribution in [2.24, 2.45) is 5.41 Å². The quantitative estimate of drug-likeness (QED) is 0.805. The predicted octanol–water partition coefficient (Wildman–Crippen LogP) is 4.39. The summed E-state index contributed by atoms with van der Waals surface area (Å²) < 4.78 is 13.6. The summed E-state index contributed by atoms with van der Waals surface area (Å²) in [5.74, 6) is -1.69. The highest BCUT2D eigenvalue weighted by molar-refractivity contribution is 6.31. The molecule has 0 radical (unpaired) electrons. The molecule has 0 unspecified atom stereocenters. The second-order valence-corrected chi connectivity index (χ2v) is 6.38. The number of carbonyl (C=O) groups is 2. The number of rotatable bonds is 4. The third-order valence-electron chi connectivity index (χ3n) is 3.69. The number of para-hydroxylation sites is 1. The number of hydrogen-bond donors (Lipinski definition) is 2. The molecule has 0 bridgehead atoms. The zero-order chi connectivity index (χ0) is 17.9. The lowest BCUT2D eigenvalue weighted by molar-refractivity contribution is -0.135. The zero-order valence-corrected chi connectivity index (χ0v) is 14.4. The van der Waals surface area contributed by atoms with Gasteiger partial charge in [0.25, 0.3) is 0 Å². The van der Waals surface area contributed by atoms with E-state index in [1.54, 1.807) is 24.3 Å². The molecule has 2 amide bonds. The SMILES string of the molecule is Cc1ccc(NC(=O)C(C)(C)C(=O)Nc2ccccc2F)cc1Cl. The molecule has 2 aromatic rings. The monoisotopic (exact) mass is 348 g/mol. The number of carbonyl (C=O) groups excluding carboxylic acids is 2. The summed E-state index contributed by atoms with van der Waals surface area (Å²) in [6, 6.07) is 10.9. The first kappa shape index (κ1) is 17.9. The summed E-state index contributed by atoms with van der Waals surface area (Å²) in [5.41, 5.74) is -0.00466. The zero-order valence-electron chi connectivity index (χ0n) is 13.6. The van der Waals surface area contributed by atoms with Crippen LogP contribution in [0.1, 0.15) is 19.4 Å². The second-order valence-electron chi connectivity index (χ2n) is 5.98. The Bertz CT molecular complexity index is 790. The number of halogens is 2. The van der Waals surface area contributed by atoms with Crippen LogP contribution in [0.4, 0.5) is 15.8 Å². The summed E-state index contributed by atoms with van der Waals surface area (Å²) >= 11 is 6.03. The fourth-order valence-corrected chi connectivity index (χ4v) is 2.08. The Balaban J connectivity index is 2.13. The lowest BCUT2D eigenvalue weighted by Crippen LogP contribution is -2.41. The van der Waals surface area contributed by atoms with Crippen LogP contribution in [-0.4, -0.2) is 11.8 Å². The van der Waals surface area contributed by atoms with Gasteiger partial charge in [0.1, 0.15) is 11.2 Å². The molecule has 0 aromatic heterocycles. The van der Waals surface area contributed by atoms with Crippen LogP contribution in [0, 0.1) is 18.2 Å². The maximum Gasteiger partial charge on any atom is 0.239 e. The van der Waals surface area contributed by atoms with Crippen molar-refractivity contribution >= 4 is 34.8 Å². The van der Waals surface area contributed by atoms with Gasteiger partial charge < -0.3 is 10.6 Å². The van der Waals surface area contributed by atoms with Gasteiger partial charge in [0, 0.05) is 10.7 Å². The maximum absolute atomic E-state index is 13.6. The van der Waals surface area contributed by atoms with Crippen LogP contribution in [-0.2, 0) is 9.59 Å². The molecule has 2 aromatic carbocycles. The molecule has 0 aliphatic rings. The molecule has 0 spiro atoms. The minimum absolute atomic E-state index is 0.0294. The predicted molar refractivity (Wildman–Crippen MR) is 93.6 cm³/mol. The van der Waals surface area contributed by atoms with Crippen molar-refractivity contribution in [2.45, 2.75) is 20.8 Å². The van der Waals surface area contributed by atoms with Gasteiger partial charge >= 0.3 is 0 Å². The van der Waals surface area contributed by atoms with E-state index in [4.69, 9.17) is 11.6 Å². The molecule has 0 aliphatic heterocycles. The molecule has 0 aliphatic carbocycles. The van der Waals surface area contributed by atoms with Gasteiger partial charge in [-0.25, -0.2) is 4.39 Å². The molecule has 2 rings (SSSR count). The van der Waals surface area contributed by atoms with Crippen LogP contribution in [0.2, 0.25) is 5.02 Å². The molecule has 0 saturated heterocycles. The molecule has 0 heterocycles. The first-order valence-electron chi connectivity index (χ1n) is 7.35. The van der Waals surface area contributed by atoms with E-state index in [0.29, 0.717) is 10.7 Å². The van der Waals surface area contributed by atoms with E-state index in [1.165, 1.54) is 32.0 Å². The van der Waals surface area contributed by atoms with Crippen molar-refractivity contribution < 1.29 is 14.0 Å². The van der Waals surface area contributed by atoms with Crippen LogP contribution >= 0.6 is 11.6 Å². The smallest absolute Gasteiger partial charge is 0.239 e. The number of amides is 2. The van der Waals surface area contributed by atoms with E-state index in [1.807, 2.05) is 6.92 Å². The van der Waals surface area contributed by atoms with Gasteiger partial charge in [0.05, 0.1) is 5.69 Å². The minimum atomic E-state index is -1.40. The highest BCUT2D eigenvalue weighted by Gasteiger charge is 2.36. The third-order valence-corrected chi connectivity index (χ3v) is 4.09. The van der Waals surface area contributed by atoms with E-state index < -0.39 is 23.0 Å². The number of nitrogens with one attached hydrogen (secondary N) is 2. The highest BCUT2D eigenvalue weighted by Crippen LogP contribution is 2.25. The van der Waals surface area contributed by atoms with E-state index in [0.717, 1.165) is 5.56 Å². The largest absolute Gasteiger partial charge is 0.325 e. The molecule has 6 heteroatoms. The van der Waals surface area contributed by atoms with Crippen molar-refractivity contribution in [3.05, 3.63) is 58.9 Å². The van der Waals surface area contributed by atoms with E-state index >= 15 is 0 Å². The topological polar surface area (TPSA) is 58.2 Å². The fourth-order valence-electron chi connectivity index (χ4n) is 1.90. The minimum Gasteiger partial charge on any atom is -0.325 e. The van der Waals surface area contributed by atoms with Crippen LogP contribution in [0.15, 0.2) is 42.5 Å². The normalized spacial score (nSPS) is 11.0. The summed E-state index contributed by atoms with van der Waals surface area (Å²) in [5, 5.41) is 5.61. The Kier molecular flexibility index (Phi) is 5.24. The van der Waals surface area contributed by atoms with Crippen molar-refractivity contribution in [1.29, 1.82) is 0 Å². The molecule has 24 heavy (non-hydrogen) atoms. The number of benzene rings is 2. The lowest BCUT2D eigenvalue weighted by atomic mass is 9.90. The molecule has 4 nitrogen and oxygen atoms in total. The highest BCUT2D eigenvalue weighted by atomic mass is 35.5. The third kappa shape index (κ3) is 3.92. The molecule has 0 fully saturated rings. The first-order chi connectivity index (χ1) is 11.2. The molecular weight excluding hydrogens is 331 g/mol. The van der Waals surface area contributed by atoms with Crippen LogP contribution in [0.5, 0.6) is 0 Å². The van der Waals surface area contributed by atoms with Gasteiger partial charge in [-0.1, -0.05) is 29.8 Å². The molecular formula is C18H18ClFN2O2. The number of aryl methyl sites for hydroxylation is 1. The standard InChI is InChI=1S/C18H18ClFN2O2/c1-11-8-9-12(10-13(11)19)21-16(23)18(2,3)17(24)22-15-7-5-4-6-14(15)20/h4-10H,1-3H3,(H,21,23)(H,22,24).